The molecule has 2 aliphatic rings. The maximum absolute atomic E-state index is 13.9. The number of piperazine rings is 1. The van der Waals surface area contributed by atoms with Crippen LogP contribution in [-0.4, -0.2) is 62.9 Å². The van der Waals surface area contributed by atoms with Gasteiger partial charge in [0.05, 0.1) is 23.7 Å². The lowest BCUT2D eigenvalue weighted by atomic mass is 10.1. The van der Waals surface area contributed by atoms with E-state index in [2.05, 4.69) is 0 Å². The van der Waals surface area contributed by atoms with Crippen molar-refractivity contribution in [3.8, 4) is 11.5 Å². The molecule has 0 spiro atoms. The Balaban J connectivity index is 1.47. The second-order valence-corrected chi connectivity index (χ2v) is 8.92. The predicted octanol–water partition coefficient (Wildman–Crippen LogP) is 2.27. The molecule has 30 heavy (non-hydrogen) atoms. The average Bonchev–Trinajstić information content (AvgIpc) is 3.00. The van der Waals surface area contributed by atoms with Crippen molar-refractivity contribution < 1.29 is 31.5 Å². The third kappa shape index (κ3) is 3.97. The number of ether oxygens (including phenoxy) is 2. The largest absolute Gasteiger partial charge is 0.490 e. The minimum Gasteiger partial charge on any atom is -0.490 e. The average molecular weight is 438 g/mol. The Kier molecular flexibility index (Phi) is 5.61. The summed E-state index contributed by atoms with van der Waals surface area (Å²) in [6.45, 7) is 1.16. The second-order valence-electron chi connectivity index (χ2n) is 6.98. The van der Waals surface area contributed by atoms with E-state index >= 15 is 0 Å². The molecule has 1 amide bonds. The fourth-order valence-corrected chi connectivity index (χ4v) is 4.85. The Labute approximate surface area is 172 Å². The normalized spacial score (nSPS) is 17.5. The molecule has 160 valence electrons. The quantitative estimate of drug-likeness (QED) is 0.735. The van der Waals surface area contributed by atoms with Crippen molar-refractivity contribution >= 4 is 15.9 Å². The second kappa shape index (κ2) is 8.19. The molecule has 2 aliphatic heterocycles. The van der Waals surface area contributed by atoms with Gasteiger partial charge in [0.15, 0.2) is 11.5 Å². The van der Waals surface area contributed by atoms with Gasteiger partial charge in [-0.25, -0.2) is 17.2 Å². The zero-order chi connectivity index (χ0) is 21.3. The summed E-state index contributed by atoms with van der Waals surface area (Å²) in [5.74, 6) is -1.32. The zero-order valence-corrected chi connectivity index (χ0v) is 16.8. The van der Waals surface area contributed by atoms with Gasteiger partial charge in [-0.3, -0.25) is 4.79 Å². The van der Waals surface area contributed by atoms with E-state index in [0.717, 1.165) is 18.2 Å². The van der Waals surface area contributed by atoms with E-state index < -0.39 is 27.6 Å². The number of halogens is 2. The van der Waals surface area contributed by atoms with Crippen LogP contribution in [0.15, 0.2) is 41.3 Å². The van der Waals surface area contributed by atoms with Crippen molar-refractivity contribution in [2.45, 2.75) is 11.3 Å². The summed E-state index contributed by atoms with van der Waals surface area (Å²) in [7, 11) is -3.81. The summed E-state index contributed by atoms with van der Waals surface area (Å²) >= 11 is 0. The topological polar surface area (TPSA) is 76.2 Å². The number of fused-ring (bicyclic) bond motifs is 1. The summed E-state index contributed by atoms with van der Waals surface area (Å²) in [6, 6.07) is 7.15. The van der Waals surface area contributed by atoms with Gasteiger partial charge in [0.2, 0.25) is 10.0 Å². The van der Waals surface area contributed by atoms with Crippen molar-refractivity contribution in [3.05, 3.63) is 53.6 Å². The number of sulfonamides is 1. The third-order valence-electron chi connectivity index (χ3n) is 5.04. The van der Waals surface area contributed by atoms with E-state index in [1.54, 1.807) is 6.07 Å². The first-order chi connectivity index (χ1) is 14.4. The molecule has 0 unspecified atom stereocenters. The SMILES string of the molecule is O=C(c1cc(F)ccc1F)N1CCN(S(=O)(=O)c2ccc3c(c2)OCCCO3)CC1. The number of carbonyl (C=O) groups excluding carboxylic acids is 1. The first-order valence-electron chi connectivity index (χ1n) is 9.50. The monoisotopic (exact) mass is 438 g/mol. The van der Waals surface area contributed by atoms with Gasteiger partial charge < -0.3 is 14.4 Å². The van der Waals surface area contributed by atoms with Crippen LogP contribution in [0.3, 0.4) is 0 Å². The van der Waals surface area contributed by atoms with E-state index in [1.165, 1.54) is 21.3 Å². The van der Waals surface area contributed by atoms with Crippen LogP contribution in [0.1, 0.15) is 16.8 Å². The number of hydrogen-bond donors (Lipinski definition) is 0. The lowest BCUT2D eigenvalue weighted by Crippen LogP contribution is -2.50. The minimum absolute atomic E-state index is 0.0411. The number of benzene rings is 2. The lowest BCUT2D eigenvalue weighted by molar-refractivity contribution is 0.0692. The molecule has 2 aromatic rings. The van der Waals surface area contributed by atoms with E-state index in [4.69, 9.17) is 9.47 Å². The Morgan fingerprint density at radius 2 is 1.60 bits per heavy atom. The van der Waals surface area contributed by atoms with E-state index in [0.29, 0.717) is 31.1 Å². The van der Waals surface area contributed by atoms with Crippen molar-refractivity contribution in [1.82, 2.24) is 9.21 Å². The van der Waals surface area contributed by atoms with Crippen molar-refractivity contribution in [3.63, 3.8) is 0 Å². The molecule has 0 aromatic heterocycles. The van der Waals surface area contributed by atoms with Crippen LogP contribution in [0.4, 0.5) is 8.78 Å². The molecule has 0 bridgehead atoms. The van der Waals surface area contributed by atoms with E-state index in [9.17, 15) is 22.0 Å². The first kappa shape index (κ1) is 20.5. The minimum atomic E-state index is -3.81. The molecular formula is C20H20F2N2O5S. The van der Waals surface area contributed by atoms with Gasteiger partial charge in [-0.15, -0.1) is 0 Å². The van der Waals surface area contributed by atoms with Crippen molar-refractivity contribution in [2.75, 3.05) is 39.4 Å². The maximum atomic E-state index is 13.9. The highest BCUT2D eigenvalue weighted by Crippen LogP contribution is 2.33. The molecule has 0 aliphatic carbocycles. The molecule has 2 heterocycles. The summed E-state index contributed by atoms with van der Waals surface area (Å²) in [5.41, 5.74) is -0.366. The van der Waals surface area contributed by atoms with Gasteiger partial charge in [-0.1, -0.05) is 0 Å². The smallest absolute Gasteiger partial charge is 0.257 e. The van der Waals surface area contributed by atoms with Gasteiger partial charge in [0.25, 0.3) is 5.91 Å². The van der Waals surface area contributed by atoms with Gasteiger partial charge >= 0.3 is 0 Å². The molecule has 10 heteroatoms. The molecule has 0 radical (unpaired) electrons. The molecule has 0 saturated carbocycles. The van der Waals surface area contributed by atoms with Crippen LogP contribution < -0.4 is 9.47 Å². The molecule has 0 atom stereocenters. The summed E-state index contributed by atoms with van der Waals surface area (Å²) in [5, 5.41) is 0. The van der Waals surface area contributed by atoms with Crippen LogP contribution in [0, 0.1) is 11.6 Å². The van der Waals surface area contributed by atoms with Gasteiger partial charge in [0, 0.05) is 38.7 Å². The Hall–Kier alpha value is -2.72. The number of hydrogen-bond acceptors (Lipinski definition) is 5. The number of amides is 1. The fraction of sp³-hybridized carbons (Fsp3) is 0.350. The Morgan fingerprint density at radius 1 is 0.900 bits per heavy atom. The van der Waals surface area contributed by atoms with Crippen LogP contribution >= 0.6 is 0 Å². The molecule has 1 saturated heterocycles. The molecular weight excluding hydrogens is 418 g/mol. The van der Waals surface area contributed by atoms with Crippen LogP contribution in [-0.2, 0) is 10.0 Å². The van der Waals surface area contributed by atoms with Crippen LogP contribution in [0.2, 0.25) is 0 Å². The molecule has 4 rings (SSSR count). The third-order valence-corrected chi connectivity index (χ3v) is 6.94. The van der Waals surface area contributed by atoms with Gasteiger partial charge in [-0.05, 0) is 30.3 Å². The van der Waals surface area contributed by atoms with Crippen LogP contribution in [0.5, 0.6) is 11.5 Å². The highest BCUT2D eigenvalue weighted by atomic mass is 32.2. The molecule has 7 nitrogen and oxygen atoms in total. The maximum Gasteiger partial charge on any atom is 0.257 e. The standard InChI is InChI=1S/C20H20F2N2O5S/c21-14-2-4-17(22)16(12-14)20(25)23-6-8-24(9-7-23)30(26,27)15-3-5-18-19(13-15)29-11-1-10-28-18/h2-5,12-13H,1,6-11H2. The van der Waals surface area contributed by atoms with Gasteiger partial charge in [-0.2, -0.15) is 4.31 Å². The van der Waals surface area contributed by atoms with E-state index in [-0.39, 0.29) is 36.6 Å². The van der Waals surface area contributed by atoms with Crippen molar-refractivity contribution in [1.29, 1.82) is 0 Å². The fourth-order valence-electron chi connectivity index (χ4n) is 3.42. The Bertz CT molecular complexity index is 1070. The lowest BCUT2D eigenvalue weighted by Gasteiger charge is -2.34. The predicted molar refractivity (Wildman–Crippen MR) is 103 cm³/mol. The molecule has 1 fully saturated rings. The summed E-state index contributed by atoms with van der Waals surface area (Å²) < 4.78 is 65.7. The molecule has 0 N–H and O–H groups in total. The number of nitrogens with zero attached hydrogens (tertiary/aromatic N) is 2. The van der Waals surface area contributed by atoms with E-state index in [1.807, 2.05) is 0 Å². The van der Waals surface area contributed by atoms with Crippen LogP contribution in [0.25, 0.3) is 0 Å². The number of carbonyl (C=O) groups is 1. The summed E-state index contributed by atoms with van der Waals surface area (Å²) in [6.07, 6.45) is 0.707. The zero-order valence-electron chi connectivity index (χ0n) is 16.0. The summed E-state index contributed by atoms with van der Waals surface area (Å²) in [4.78, 5) is 13.9. The molecule has 2 aromatic carbocycles. The highest BCUT2D eigenvalue weighted by Gasteiger charge is 2.32. The van der Waals surface area contributed by atoms with Crippen molar-refractivity contribution in [2.24, 2.45) is 0 Å². The Morgan fingerprint density at radius 3 is 2.33 bits per heavy atom. The highest BCUT2D eigenvalue weighted by molar-refractivity contribution is 7.89. The van der Waals surface area contributed by atoms with Gasteiger partial charge in [0.1, 0.15) is 11.6 Å². The number of rotatable bonds is 3. The first-order valence-corrected chi connectivity index (χ1v) is 10.9.